The van der Waals surface area contributed by atoms with Gasteiger partial charge in [-0.05, 0) is 38.9 Å². The van der Waals surface area contributed by atoms with Gasteiger partial charge >= 0.3 is 0 Å². The fraction of sp³-hybridized carbons (Fsp3) is 0.538. The first kappa shape index (κ1) is 14.8. The molecular weight excluding hydrogens is 257 g/mol. The van der Waals surface area contributed by atoms with E-state index >= 15 is 0 Å². The number of nitrogens with one attached hydrogen (secondary N) is 1. The molecule has 0 aliphatic heterocycles. The van der Waals surface area contributed by atoms with Gasteiger partial charge in [0, 0.05) is 6.04 Å². The normalized spacial score (nSPS) is 13.1. The smallest absolute Gasteiger partial charge is 0.0626 e. The van der Waals surface area contributed by atoms with Crippen LogP contribution in [0.4, 0.5) is 0 Å². The Morgan fingerprint density at radius 2 is 2.00 bits per heavy atom. The van der Waals surface area contributed by atoms with Crippen molar-refractivity contribution in [3.63, 3.8) is 0 Å². The third kappa shape index (κ3) is 4.84. The quantitative estimate of drug-likeness (QED) is 0.858. The minimum absolute atomic E-state index is 0.237. The van der Waals surface area contributed by atoms with Gasteiger partial charge in [-0.15, -0.1) is 0 Å². The van der Waals surface area contributed by atoms with Crippen LogP contribution >= 0.6 is 23.2 Å². The summed E-state index contributed by atoms with van der Waals surface area (Å²) >= 11 is 12.1. The van der Waals surface area contributed by atoms with Gasteiger partial charge in [0.15, 0.2) is 0 Å². The molecule has 96 valence electrons. The number of benzene rings is 1. The minimum atomic E-state index is 0.237. The molecule has 1 aromatic carbocycles. The van der Waals surface area contributed by atoms with E-state index in [2.05, 4.69) is 5.32 Å². The van der Waals surface area contributed by atoms with E-state index in [4.69, 9.17) is 27.9 Å². The van der Waals surface area contributed by atoms with Crippen molar-refractivity contribution in [1.29, 1.82) is 0 Å². The molecule has 1 atom stereocenters. The van der Waals surface area contributed by atoms with Crippen LogP contribution in [0.2, 0.25) is 10.0 Å². The molecule has 17 heavy (non-hydrogen) atoms. The number of halogens is 2. The van der Waals surface area contributed by atoms with E-state index < -0.39 is 0 Å². The first-order valence-electron chi connectivity index (χ1n) is 5.76. The maximum Gasteiger partial charge on any atom is 0.0626 e. The summed E-state index contributed by atoms with van der Waals surface area (Å²) < 4.78 is 5.60. The highest BCUT2D eigenvalue weighted by Crippen LogP contribution is 2.26. The van der Waals surface area contributed by atoms with Crippen molar-refractivity contribution in [3.05, 3.63) is 33.8 Å². The average molecular weight is 276 g/mol. The number of hydrogen-bond donors (Lipinski definition) is 1. The number of likely N-dealkylation sites (N-methyl/N-ethyl adjacent to an activating group) is 1. The van der Waals surface area contributed by atoms with Crippen molar-refractivity contribution in [2.24, 2.45) is 0 Å². The lowest BCUT2D eigenvalue weighted by Gasteiger charge is -2.19. The van der Waals surface area contributed by atoms with Crippen molar-refractivity contribution >= 4 is 23.2 Å². The van der Waals surface area contributed by atoms with Crippen LogP contribution in [0.15, 0.2) is 18.2 Å². The lowest BCUT2D eigenvalue weighted by atomic mass is 10.1. The maximum atomic E-state index is 6.16. The monoisotopic (exact) mass is 275 g/mol. The number of hydrogen-bond acceptors (Lipinski definition) is 2. The molecule has 1 unspecified atom stereocenters. The number of rotatable bonds is 6. The van der Waals surface area contributed by atoms with E-state index in [0.29, 0.717) is 16.7 Å². The first-order valence-corrected chi connectivity index (χ1v) is 6.52. The highest BCUT2D eigenvalue weighted by atomic mass is 35.5. The van der Waals surface area contributed by atoms with E-state index in [1.165, 1.54) is 0 Å². The summed E-state index contributed by atoms with van der Waals surface area (Å²) in [5.41, 5.74) is 1.05. The van der Waals surface area contributed by atoms with Crippen LogP contribution < -0.4 is 5.32 Å². The van der Waals surface area contributed by atoms with Crippen molar-refractivity contribution in [2.75, 3.05) is 13.7 Å². The molecular formula is C13H19Cl2NO. The Balaban J connectivity index is 2.64. The summed E-state index contributed by atoms with van der Waals surface area (Å²) in [5, 5.41) is 4.46. The van der Waals surface area contributed by atoms with Crippen LogP contribution in [0.5, 0.6) is 0 Å². The summed E-state index contributed by atoms with van der Waals surface area (Å²) in [7, 11) is 1.92. The minimum Gasteiger partial charge on any atom is -0.377 e. The van der Waals surface area contributed by atoms with Crippen LogP contribution in [0.3, 0.4) is 0 Å². The molecule has 0 bridgehead atoms. The van der Waals surface area contributed by atoms with Gasteiger partial charge in [-0.3, -0.25) is 0 Å². The van der Waals surface area contributed by atoms with E-state index in [9.17, 15) is 0 Å². The summed E-state index contributed by atoms with van der Waals surface area (Å²) in [6, 6.07) is 5.95. The van der Waals surface area contributed by atoms with Gasteiger partial charge in [-0.2, -0.15) is 0 Å². The molecule has 0 spiro atoms. The zero-order valence-electron chi connectivity index (χ0n) is 10.5. The second kappa shape index (κ2) is 7.22. The van der Waals surface area contributed by atoms with Gasteiger partial charge in [-0.1, -0.05) is 35.3 Å². The van der Waals surface area contributed by atoms with Crippen LogP contribution in [-0.4, -0.2) is 25.8 Å². The molecule has 1 N–H and O–H groups in total. The molecule has 0 amide bonds. The number of ether oxygens (including phenoxy) is 1. The summed E-state index contributed by atoms with van der Waals surface area (Å²) in [6.07, 6.45) is 1.04. The predicted molar refractivity (Wildman–Crippen MR) is 74.1 cm³/mol. The van der Waals surface area contributed by atoms with Gasteiger partial charge in [0.05, 0.1) is 22.8 Å². The Morgan fingerprint density at radius 1 is 1.29 bits per heavy atom. The second-order valence-corrected chi connectivity index (χ2v) is 5.07. The SMILES string of the molecule is CNC(COC(C)C)Cc1cccc(Cl)c1Cl. The largest absolute Gasteiger partial charge is 0.377 e. The molecule has 0 aliphatic carbocycles. The molecule has 0 saturated heterocycles. The fourth-order valence-electron chi connectivity index (χ4n) is 1.52. The molecule has 0 heterocycles. The van der Waals surface area contributed by atoms with E-state index in [-0.39, 0.29) is 12.1 Å². The lowest BCUT2D eigenvalue weighted by Crippen LogP contribution is -2.33. The van der Waals surface area contributed by atoms with Gasteiger partial charge in [0.1, 0.15) is 0 Å². The van der Waals surface area contributed by atoms with Crippen LogP contribution in [-0.2, 0) is 11.2 Å². The molecule has 0 aromatic heterocycles. The molecule has 2 nitrogen and oxygen atoms in total. The second-order valence-electron chi connectivity index (χ2n) is 4.28. The molecule has 0 radical (unpaired) electrons. The van der Waals surface area contributed by atoms with Gasteiger partial charge < -0.3 is 10.1 Å². The zero-order valence-corrected chi connectivity index (χ0v) is 12.0. The summed E-state index contributed by atoms with van der Waals surface area (Å²) in [5.74, 6) is 0. The Morgan fingerprint density at radius 3 is 2.59 bits per heavy atom. The van der Waals surface area contributed by atoms with Crippen molar-refractivity contribution in [2.45, 2.75) is 32.4 Å². The van der Waals surface area contributed by atoms with Gasteiger partial charge in [0.2, 0.25) is 0 Å². The van der Waals surface area contributed by atoms with Crippen molar-refractivity contribution in [3.8, 4) is 0 Å². The van der Waals surface area contributed by atoms with E-state index in [0.717, 1.165) is 12.0 Å². The third-order valence-electron chi connectivity index (χ3n) is 2.54. The highest BCUT2D eigenvalue weighted by molar-refractivity contribution is 6.42. The average Bonchev–Trinajstić information content (AvgIpc) is 2.29. The predicted octanol–water partition coefficient (Wildman–Crippen LogP) is 3.55. The first-order chi connectivity index (χ1) is 8.04. The summed E-state index contributed by atoms with van der Waals surface area (Å²) in [6.45, 7) is 4.72. The molecule has 1 aromatic rings. The van der Waals surface area contributed by atoms with Crippen LogP contribution in [0.1, 0.15) is 19.4 Å². The molecule has 1 rings (SSSR count). The van der Waals surface area contributed by atoms with E-state index in [1.807, 2.05) is 33.0 Å². The fourth-order valence-corrected chi connectivity index (χ4v) is 1.92. The van der Waals surface area contributed by atoms with Crippen molar-refractivity contribution < 1.29 is 4.74 Å². The standard InChI is InChI=1S/C13H19Cl2NO/c1-9(2)17-8-11(16-3)7-10-5-4-6-12(14)13(10)15/h4-6,9,11,16H,7-8H2,1-3H3. The molecule has 0 aliphatic rings. The van der Waals surface area contributed by atoms with E-state index in [1.54, 1.807) is 6.07 Å². The molecule has 4 heteroatoms. The van der Waals surface area contributed by atoms with Crippen LogP contribution in [0.25, 0.3) is 0 Å². The molecule has 0 saturated carbocycles. The Hall–Kier alpha value is -0.280. The van der Waals surface area contributed by atoms with Gasteiger partial charge in [-0.25, -0.2) is 0 Å². The van der Waals surface area contributed by atoms with Gasteiger partial charge in [0.25, 0.3) is 0 Å². The Labute approximate surface area is 113 Å². The Kier molecular flexibility index (Phi) is 6.28. The highest BCUT2D eigenvalue weighted by Gasteiger charge is 2.12. The molecule has 0 fully saturated rings. The zero-order chi connectivity index (χ0) is 12.8. The maximum absolute atomic E-state index is 6.16. The topological polar surface area (TPSA) is 21.3 Å². The van der Waals surface area contributed by atoms with Crippen molar-refractivity contribution in [1.82, 2.24) is 5.32 Å². The summed E-state index contributed by atoms with van der Waals surface area (Å²) in [4.78, 5) is 0. The lowest BCUT2D eigenvalue weighted by molar-refractivity contribution is 0.0628. The van der Waals surface area contributed by atoms with Crippen LogP contribution in [0, 0.1) is 0 Å². The third-order valence-corrected chi connectivity index (χ3v) is 3.39. The Bertz CT molecular complexity index is 355.